The van der Waals surface area contributed by atoms with E-state index >= 15 is 0 Å². The average Bonchev–Trinajstić information content (AvgIpc) is 1.83. The van der Waals surface area contributed by atoms with Crippen LogP contribution >= 0.6 is 0 Å². The molecule has 1 aromatic rings. The Kier molecular flexibility index (Phi) is 1.53. The third-order valence-electron chi connectivity index (χ3n) is 1.24. The molecule has 3 radical (unpaired) electrons. The van der Waals surface area contributed by atoms with Crippen molar-refractivity contribution in [2.24, 2.45) is 0 Å². The topological polar surface area (TPSA) is 0 Å². The van der Waals surface area contributed by atoms with Gasteiger partial charge in [-0.2, -0.15) is 0 Å². The van der Waals surface area contributed by atoms with E-state index in [9.17, 15) is 0 Å². The zero-order valence-electron chi connectivity index (χ0n) is 5.15. The maximum Gasteiger partial charge on any atom is 0.0728 e. The second kappa shape index (κ2) is 2.19. The summed E-state index contributed by atoms with van der Waals surface area (Å²) in [5.74, 6) is 0. The molecule has 0 saturated carbocycles. The quantitative estimate of drug-likeness (QED) is 0.323. The second-order valence-electron chi connectivity index (χ2n) is 1.95. The Bertz CT molecular complexity index is 273. The molecule has 0 saturated heterocycles. The molecule has 0 N–H and O–H groups in total. The fourth-order valence-electron chi connectivity index (χ4n) is 0.653. The van der Waals surface area contributed by atoms with Gasteiger partial charge in [-0.3, -0.25) is 0 Å². The van der Waals surface area contributed by atoms with Crippen LogP contribution in [0, 0.1) is 0 Å². The third-order valence-corrected chi connectivity index (χ3v) is 1.88. The van der Waals surface area contributed by atoms with Crippen molar-refractivity contribution in [2.45, 2.75) is 0 Å². The summed E-state index contributed by atoms with van der Waals surface area (Å²) in [6, 6.07) is 5.82. The molecule has 0 fully saturated rings. The second-order valence-corrected chi connectivity index (χ2v) is 2.45. The fourth-order valence-corrected chi connectivity index (χ4v) is 0.820. The van der Waals surface area contributed by atoms with Crippen molar-refractivity contribution in [3.63, 3.8) is 0 Å². The van der Waals surface area contributed by atoms with Crippen molar-refractivity contribution in [1.29, 1.82) is 0 Å². The molecule has 1 rings (SSSR count). The molecule has 0 aliphatic heterocycles. The monoisotopic (exact) mass is 131 g/mol. The van der Waals surface area contributed by atoms with Crippen LogP contribution in [0.5, 0.6) is 0 Å². The first-order valence-corrected chi connectivity index (χ1v) is 3.20. The molecule has 0 bridgehead atoms. The van der Waals surface area contributed by atoms with E-state index in [1.807, 2.05) is 18.2 Å². The van der Waals surface area contributed by atoms with E-state index in [-0.39, 0.29) is 0 Å². The Balaban J connectivity index is 3.62. The van der Waals surface area contributed by atoms with Gasteiger partial charge in [-0.15, -0.1) is 0 Å². The predicted molar refractivity (Wildman–Crippen MR) is 42.1 cm³/mol. The number of rotatable bonds is 0. The van der Waals surface area contributed by atoms with Crippen molar-refractivity contribution in [2.75, 3.05) is 0 Å². The molecule has 9 heavy (non-hydrogen) atoms. The summed E-state index contributed by atoms with van der Waals surface area (Å²) in [6.07, 6.45) is 0. The summed E-state index contributed by atoms with van der Waals surface area (Å²) in [6.45, 7) is 7.58. The normalized spacial score (nSPS) is 9.44. The minimum atomic E-state index is 0.985. The molecule has 43 valence electrons. The van der Waals surface area contributed by atoms with E-state index in [0.717, 1.165) is 15.6 Å². The van der Waals surface area contributed by atoms with E-state index in [0.29, 0.717) is 0 Å². The highest BCUT2D eigenvalue weighted by Crippen LogP contribution is 1.61. The number of hydrogen-bond donors (Lipinski definition) is 0. The molecule has 1 aromatic carbocycles. The van der Waals surface area contributed by atoms with E-state index in [4.69, 9.17) is 0 Å². The van der Waals surface area contributed by atoms with Crippen LogP contribution in [0.25, 0.3) is 13.2 Å². The molecule has 0 aliphatic rings. The van der Waals surface area contributed by atoms with Gasteiger partial charge in [0.15, 0.2) is 0 Å². The van der Waals surface area contributed by atoms with Crippen molar-refractivity contribution in [3.05, 3.63) is 28.6 Å². The summed E-state index contributed by atoms with van der Waals surface area (Å²) in [4.78, 5) is 0. The van der Waals surface area contributed by atoms with Crippen molar-refractivity contribution in [3.8, 4) is 0 Å². The van der Waals surface area contributed by atoms with Crippen LogP contribution in [-0.2, 0) is 0 Å². The van der Waals surface area contributed by atoms with E-state index < -0.39 is 0 Å². The summed E-state index contributed by atoms with van der Waals surface area (Å²) >= 11 is 0. The van der Waals surface area contributed by atoms with Gasteiger partial charge in [0.25, 0.3) is 0 Å². The molecular formula is C8H7Si. The van der Waals surface area contributed by atoms with Gasteiger partial charge < -0.3 is 0 Å². The molecule has 1 heteroatoms. The standard InChI is InChI=1S/C8H7Si/c1-6-4-3-5-7(2)8(6)9/h3-5H,1-2H2. The first kappa shape index (κ1) is 6.30. The van der Waals surface area contributed by atoms with Gasteiger partial charge in [0.1, 0.15) is 0 Å². The van der Waals surface area contributed by atoms with Gasteiger partial charge in [0, 0.05) is 0 Å². The molecule has 0 nitrogen and oxygen atoms in total. The van der Waals surface area contributed by atoms with Crippen molar-refractivity contribution < 1.29 is 0 Å². The Morgan fingerprint density at radius 2 is 2.22 bits per heavy atom. The minimum Gasteiger partial charge on any atom is -0.0919 e. The molecule has 0 spiro atoms. The zero-order valence-corrected chi connectivity index (χ0v) is 6.15. The fraction of sp³-hybridized carbons (Fsp3) is 0. The highest BCUT2D eigenvalue weighted by molar-refractivity contribution is 6.32. The zero-order chi connectivity index (χ0) is 6.85. The summed E-state index contributed by atoms with van der Waals surface area (Å²) in [7, 11) is 3.40. The van der Waals surface area contributed by atoms with Crippen LogP contribution in [0.4, 0.5) is 0 Å². The van der Waals surface area contributed by atoms with Gasteiger partial charge in [-0.05, 0) is 10.4 Å². The summed E-state index contributed by atoms with van der Waals surface area (Å²) < 4.78 is 0. The Morgan fingerprint density at radius 1 is 1.56 bits per heavy atom. The maximum atomic E-state index is 3.79. The van der Waals surface area contributed by atoms with E-state index in [1.165, 1.54) is 0 Å². The highest BCUT2D eigenvalue weighted by Gasteiger charge is 1.83. The maximum absolute atomic E-state index is 3.79. The van der Waals surface area contributed by atoms with E-state index in [1.54, 1.807) is 0 Å². The first-order valence-electron chi connectivity index (χ1n) is 2.70. The smallest absolute Gasteiger partial charge is 0.0728 e. The van der Waals surface area contributed by atoms with Crippen LogP contribution in [0.1, 0.15) is 0 Å². The lowest BCUT2D eigenvalue weighted by atomic mass is 10.3. The minimum absolute atomic E-state index is 0.985. The third kappa shape index (κ3) is 1.11. The van der Waals surface area contributed by atoms with Crippen LogP contribution in [-0.4, -0.2) is 10.2 Å². The SMILES string of the molecule is C=c1cc[cH-]c(=C)[c+]1[Si]. The van der Waals surface area contributed by atoms with Crippen LogP contribution in [0.3, 0.4) is 0 Å². The van der Waals surface area contributed by atoms with Crippen molar-refractivity contribution in [1.82, 2.24) is 0 Å². The van der Waals surface area contributed by atoms with E-state index in [2.05, 4.69) is 23.4 Å². The van der Waals surface area contributed by atoms with Gasteiger partial charge in [-0.25, -0.2) is 0 Å². The average molecular weight is 131 g/mol. The lowest BCUT2D eigenvalue weighted by Gasteiger charge is -1.90. The molecule has 0 heterocycles. The molecule has 0 unspecified atom stereocenters. The summed E-state index contributed by atoms with van der Waals surface area (Å²) in [5.41, 5.74) is 0. The van der Waals surface area contributed by atoms with Gasteiger partial charge in [0.05, 0.1) is 10.2 Å². The highest BCUT2D eigenvalue weighted by atomic mass is 28.1. The molecule has 0 aliphatic carbocycles. The Labute approximate surface area is 58.0 Å². The van der Waals surface area contributed by atoms with Gasteiger partial charge in [-0.1, -0.05) is 36.5 Å². The first-order chi connectivity index (χ1) is 4.22. The van der Waals surface area contributed by atoms with Crippen LogP contribution < -0.4 is 15.6 Å². The molecule has 0 amide bonds. The van der Waals surface area contributed by atoms with Crippen molar-refractivity contribution >= 4 is 28.6 Å². The lowest BCUT2D eigenvalue weighted by Crippen LogP contribution is -2.36. The number of benzene rings is 1. The molecule has 0 atom stereocenters. The summed E-state index contributed by atoms with van der Waals surface area (Å²) in [5, 5.41) is 2.97. The predicted octanol–water partition coefficient (Wildman–Crippen LogP) is -0.699. The Hall–Kier alpha value is -0.823. The van der Waals surface area contributed by atoms with Crippen LogP contribution in [0.2, 0.25) is 0 Å². The Morgan fingerprint density at radius 3 is 2.67 bits per heavy atom. The molecule has 0 aromatic heterocycles. The largest absolute Gasteiger partial charge is 0.0919 e. The van der Waals surface area contributed by atoms with Gasteiger partial charge >= 0.3 is 0 Å². The van der Waals surface area contributed by atoms with Crippen LogP contribution in [0.15, 0.2) is 18.2 Å². The number of hydrogen-bond acceptors (Lipinski definition) is 0. The van der Waals surface area contributed by atoms with Gasteiger partial charge in [0.2, 0.25) is 0 Å². The lowest BCUT2D eigenvalue weighted by molar-refractivity contribution is 1.63. The molecular weight excluding hydrogens is 124 g/mol.